The summed E-state index contributed by atoms with van der Waals surface area (Å²) in [5.41, 5.74) is 7.20. The quantitative estimate of drug-likeness (QED) is 0.823. The minimum Gasteiger partial charge on any atom is -0.389 e. The van der Waals surface area contributed by atoms with Crippen molar-refractivity contribution in [1.29, 1.82) is 0 Å². The van der Waals surface area contributed by atoms with Crippen molar-refractivity contribution in [3.8, 4) is 0 Å². The summed E-state index contributed by atoms with van der Waals surface area (Å²) in [5, 5.41) is 2.93. The Morgan fingerprint density at radius 3 is 3.10 bits per heavy atom. The van der Waals surface area contributed by atoms with Crippen LogP contribution in [0.25, 0.3) is 0 Å². The van der Waals surface area contributed by atoms with Gasteiger partial charge >= 0.3 is 0 Å². The molecule has 1 aromatic carbocycles. The van der Waals surface area contributed by atoms with Crippen molar-refractivity contribution >= 4 is 23.1 Å². The Kier molecular flexibility index (Phi) is 3.91. The molecule has 1 aromatic rings. The topological polar surface area (TPSA) is 58.4 Å². The molecular weight excluding hydrogens is 289 g/mol. The number of fused-ring (bicyclic) bond motifs is 1. The number of nitrogens with zero attached hydrogens (tertiary/aromatic N) is 1. The summed E-state index contributed by atoms with van der Waals surface area (Å²) in [5.74, 6) is -0.110. The lowest BCUT2D eigenvalue weighted by atomic mass is 9.91. The third-order valence-electron chi connectivity index (χ3n) is 4.43. The zero-order valence-electron chi connectivity index (χ0n) is 11.6. The fourth-order valence-corrected chi connectivity index (χ4v) is 3.56. The highest BCUT2D eigenvalue weighted by Gasteiger charge is 2.40. The van der Waals surface area contributed by atoms with Crippen LogP contribution in [0.15, 0.2) is 18.2 Å². The van der Waals surface area contributed by atoms with Gasteiger partial charge in [0.05, 0.1) is 5.92 Å². The highest BCUT2D eigenvalue weighted by Crippen LogP contribution is 2.29. The number of nitrogens with one attached hydrogen (secondary N) is 1. The van der Waals surface area contributed by atoms with E-state index in [0.717, 1.165) is 24.9 Å². The lowest BCUT2D eigenvalue weighted by Gasteiger charge is -2.36. The van der Waals surface area contributed by atoms with Crippen molar-refractivity contribution in [1.82, 2.24) is 10.2 Å². The van der Waals surface area contributed by atoms with Gasteiger partial charge in [-0.2, -0.15) is 0 Å². The van der Waals surface area contributed by atoms with E-state index in [1.54, 1.807) is 6.07 Å². The minimum absolute atomic E-state index is 0.0764. The van der Waals surface area contributed by atoms with Crippen molar-refractivity contribution in [3.05, 3.63) is 35.1 Å². The summed E-state index contributed by atoms with van der Waals surface area (Å²) in [6.45, 7) is 2.26. The molecule has 2 unspecified atom stereocenters. The number of rotatable bonds is 3. The Balaban J connectivity index is 1.83. The number of piperidine rings is 1. The van der Waals surface area contributed by atoms with Gasteiger partial charge in [0.25, 0.3) is 0 Å². The van der Waals surface area contributed by atoms with Gasteiger partial charge < -0.3 is 11.1 Å². The van der Waals surface area contributed by atoms with Gasteiger partial charge in [-0.05, 0) is 37.1 Å². The second kappa shape index (κ2) is 5.69. The Labute approximate surface area is 128 Å². The zero-order chi connectivity index (χ0) is 15.0. The van der Waals surface area contributed by atoms with Crippen molar-refractivity contribution in [2.75, 3.05) is 13.1 Å². The molecule has 2 heterocycles. The van der Waals surface area contributed by atoms with E-state index in [1.165, 1.54) is 12.1 Å². The average molecular weight is 307 g/mol. The molecule has 2 fully saturated rings. The monoisotopic (exact) mass is 307 g/mol. The van der Waals surface area contributed by atoms with Crippen LogP contribution < -0.4 is 11.1 Å². The molecule has 2 saturated heterocycles. The maximum absolute atomic E-state index is 13.4. The summed E-state index contributed by atoms with van der Waals surface area (Å²) in [6, 6.07) is 4.77. The molecule has 112 valence electrons. The van der Waals surface area contributed by atoms with Gasteiger partial charge in [0.1, 0.15) is 10.8 Å². The second-order valence-corrected chi connectivity index (χ2v) is 6.14. The van der Waals surface area contributed by atoms with E-state index >= 15 is 0 Å². The molecule has 1 amide bonds. The van der Waals surface area contributed by atoms with Gasteiger partial charge in [0.2, 0.25) is 5.91 Å². The van der Waals surface area contributed by atoms with Gasteiger partial charge in [0.15, 0.2) is 0 Å². The maximum Gasteiger partial charge on any atom is 0.224 e. The summed E-state index contributed by atoms with van der Waals surface area (Å²) in [6.07, 6.45) is 1.94. The smallest absolute Gasteiger partial charge is 0.224 e. The number of nitrogens with two attached hydrogens (primary N) is 1. The van der Waals surface area contributed by atoms with E-state index < -0.39 is 0 Å². The number of amides is 1. The summed E-state index contributed by atoms with van der Waals surface area (Å²) in [4.78, 5) is 14.3. The third-order valence-corrected chi connectivity index (χ3v) is 4.65. The van der Waals surface area contributed by atoms with Crippen LogP contribution in [0.5, 0.6) is 0 Å². The van der Waals surface area contributed by atoms with Crippen molar-refractivity contribution < 1.29 is 9.18 Å². The SMILES string of the molecule is NC(=S)c1cc(F)ccc1CN1CCCC2C(=O)NCC21. The molecule has 0 aliphatic carbocycles. The Bertz CT molecular complexity index is 592. The molecule has 3 N–H and O–H groups in total. The molecule has 21 heavy (non-hydrogen) atoms. The third kappa shape index (κ3) is 2.78. The molecule has 0 bridgehead atoms. The molecule has 6 heteroatoms. The van der Waals surface area contributed by atoms with Gasteiger partial charge in [-0.3, -0.25) is 9.69 Å². The van der Waals surface area contributed by atoms with Gasteiger partial charge in [-0.25, -0.2) is 4.39 Å². The molecule has 0 saturated carbocycles. The van der Waals surface area contributed by atoms with E-state index in [0.29, 0.717) is 18.7 Å². The van der Waals surface area contributed by atoms with Crippen molar-refractivity contribution in [2.24, 2.45) is 11.7 Å². The van der Waals surface area contributed by atoms with Crippen LogP contribution in [0.2, 0.25) is 0 Å². The molecule has 2 atom stereocenters. The number of carbonyl (C=O) groups excluding carboxylic acids is 1. The first-order valence-corrected chi connectivity index (χ1v) is 7.57. The first-order valence-electron chi connectivity index (χ1n) is 7.16. The first kappa shape index (κ1) is 14.4. The van der Waals surface area contributed by atoms with Crippen LogP contribution >= 0.6 is 12.2 Å². The van der Waals surface area contributed by atoms with Gasteiger partial charge in [0, 0.05) is 24.7 Å². The number of likely N-dealkylation sites (tertiary alicyclic amines) is 1. The Morgan fingerprint density at radius 1 is 1.52 bits per heavy atom. The highest BCUT2D eigenvalue weighted by molar-refractivity contribution is 7.80. The standard InChI is InChI=1S/C15H18FN3OS/c16-10-4-3-9(12(6-10)14(17)21)8-19-5-1-2-11-13(19)7-18-15(11)20/h3-4,6,11,13H,1-2,5,7-8H2,(H2,17,21)(H,18,20). The fourth-order valence-electron chi connectivity index (χ4n) is 3.37. The molecule has 4 nitrogen and oxygen atoms in total. The Hall–Kier alpha value is -1.53. The van der Waals surface area contributed by atoms with Crippen molar-refractivity contribution in [2.45, 2.75) is 25.4 Å². The lowest BCUT2D eigenvalue weighted by molar-refractivity contribution is -0.124. The van der Waals surface area contributed by atoms with Crippen LogP contribution in [-0.2, 0) is 11.3 Å². The second-order valence-electron chi connectivity index (χ2n) is 5.70. The predicted octanol–water partition coefficient (Wildman–Crippen LogP) is 1.17. The molecule has 0 aromatic heterocycles. The first-order chi connectivity index (χ1) is 10.1. The summed E-state index contributed by atoms with van der Waals surface area (Å²) in [7, 11) is 0. The largest absolute Gasteiger partial charge is 0.389 e. The molecule has 2 aliphatic rings. The maximum atomic E-state index is 13.4. The van der Waals surface area contributed by atoms with Crippen molar-refractivity contribution in [3.63, 3.8) is 0 Å². The number of hydrogen-bond donors (Lipinski definition) is 2. The molecule has 3 rings (SSSR count). The zero-order valence-corrected chi connectivity index (χ0v) is 12.5. The normalized spacial score (nSPS) is 25.5. The molecule has 0 radical (unpaired) electrons. The predicted molar refractivity (Wildman–Crippen MR) is 82.2 cm³/mol. The van der Waals surface area contributed by atoms with E-state index in [9.17, 15) is 9.18 Å². The van der Waals surface area contributed by atoms with E-state index in [-0.39, 0.29) is 28.7 Å². The van der Waals surface area contributed by atoms with Crippen LogP contribution in [0.4, 0.5) is 4.39 Å². The number of halogens is 1. The molecule has 2 aliphatic heterocycles. The van der Waals surface area contributed by atoms with Crippen LogP contribution in [0, 0.1) is 11.7 Å². The van der Waals surface area contributed by atoms with E-state index in [4.69, 9.17) is 18.0 Å². The molecular formula is C15H18FN3OS. The fraction of sp³-hybridized carbons (Fsp3) is 0.467. The highest BCUT2D eigenvalue weighted by atomic mass is 32.1. The number of benzene rings is 1. The summed E-state index contributed by atoms with van der Waals surface area (Å²) < 4.78 is 13.4. The number of carbonyl (C=O) groups is 1. The van der Waals surface area contributed by atoms with Crippen LogP contribution in [-0.4, -0.2) is 34.9 Å². The van der Waals surface area contributed by atoms with Crippen LogP contribution in [0.3, 0.4) is 0 Å². The molecule has 0 spiro atoms. The minimum atomic E-state index is -0.337. The van der Waals surface area contributed by atoms with Crippen LogP contribution in [0.1, 0.15) is 24.0 Å². The van der Waals surface area contributed by atoms with Gasteiger partial charge in [-0.1, -0.05) is 18.3 Å². The van der Waals surface area contributed by atoms with E-state index in [1.807, 2.05) is 0 Å². The summed E-state index contributed by atoms with van der Waals surface area (Å²) >= 11 is 5.02. The average Bonchev–Trinajstić information content (AvgIpc) is 2.83. The van der Waals surface area contributed by atoms with E-state index in [2.05, 4.69) is 10.2 Å². The number of thiocarbonyl (C=S) groups is 1. The lowest BCUT2D eigenvalue weighted by Crippen LogP contribution is -2.45. The number of hydrogen-bond acceptors (Lipinski definition) is 3. The van der Waals surface area contributed by atoms with Gasteiger partial charge in [-0.15, -0.1) is 0 Å². The Morgan fingerprint density at radius 2 is 2.33 bits per heavy atom.